The molecular formula is C21H25N3O2. The molecule has 0 aliphatic heterocycles. The van der Waals surface area contributed by atoms with Gasteiger partial charge in [0.1, 0.15) is 11.5 Å². The first kappa shape index (κ1) is 18.0. The van der Waals surface area contributed by atoms with Crippen molar-refractivity contribution in [2.75, 3.05) is 0 Å². The van der Waals surface area contributed by atoms with E-state index in [1.807, 2.05) is 56.4 Å². The van der Waals surface area contributed by atoms with Crippen LogP contribution in [0, 0.1) is 6.92 Å². The number of H-pyrrole nitrogens is 1. The lowest BCUT2D eigenvalue weighted by Crippen LogP contribution is -2.24. The van der Waals surface area contributed by atoms with Gasteiger partial charge in [-0.05, 0) is 44.0 Å². The fourth-order valence-electron chi connectivity index (χ4n) is 3.21. The van der Waals surface area contributed by atoms with Gasteiger partial charge in [0.25, 0.3) is 0 Å². The number of hydrogen-bond donors (Lipinski definition) is 2. The Morgan fingerprint density at radius 3 is 2.73 bits per heavy atom. The second kappa shape index (κ2) is 7.20. The minimum atomic E-state index is -0.177. The van der Waals surface area contributed by atoms with Gasteiger partial charge in [-0.1, -0.05) is 32.0 Å². The van der Waals surface area contributed by atoms with Gasteiger partial charge >= 0.3 is 0 Å². The van der Waals surface area contributed by atoms with E-state index in [0.29, 0.717) is 12.8 Å². The summed E-state index contributed by atoms with van der Waals surface area (Å²) in [5.74, 6) is 1.70. The van der Waals surface area contributed by atoms with Crippen LogP contribution in [0.15, 0.2) is 52.1 Å². The van der Waals surface area contributed by atoms with Crippen LogP contribution in [0.1, 0.15) is 44.3 Å². The number of nitrogens with zero attached hydrogens (tertiary/aromatic N) is 1. The number of aromatic amines is 1. The van der Waals surface area contributed by atoms with Crippen LogP contribution >= 0.6 is 0 Å². The van der Waals surface area contributed by atoms with Gasteiger partial charge in [0.2, 0.25) is 5.91 Å². The summed E-state index contributed by atoms with van der Waals surface area (Å²) in [4.78, 5) is 15.4. The number of carbonyl (C=O) groups excluding carboxylic acids is 1. The van der Waals surface area contributed by atoms with E-state index in [9.17, 15) is 4.79 Å². The molecule has 0 fully saturated rings. The predicted molar refractivity (Wildman–Crippen MR) is 104 cm³/mol. The number of aryl methyl sites for hydroxylation is 1. The van der Waals surface area contributed by atoms with Crippen molar-refractivity contribution < 1.29 is 9.21 Å². The van der Waals surface area contributed by atoms with Crippen LogP contribution in [-0.2, 0) is 16.6 Å². The quantitative estimate of drug-likeness (QED) is 0.508. The molecule has 2 heterocycles. The lowest BCUT2D eigenvalue weighted by molar-refractivity contribution is -0.120. The molecule has 0 radical (unpaired) electrons. The van der Waals surface area contributed by atoms with Gasteiger partial charge in [-0.3, -0.25) is 4.79 Å². The Morgan fingerprint density at radius 2 is 2.00 bits per heavy atom. The molecule has 136 valence electrons. The van der Waals surface area contributed by atoms with Gasteiger partial charge in [0.15, 0.2) is 0 Å². The van der Waals surface area contributed by atoms with Crippen LogP contribution in [0.25, 0.3) is 10.9 Å². The highest BCUT2D eigenvalue weighted by Crippen LogP contribution is 2.29. The summed E-state index contributed by atoms with van der Waals surface area (Å²) in [6.45, 7) is 8.07. The maximum atomic E-state index is 12.2. The largest absolute Gasteiger partial charge is 0.466 e. The lowest BCUT2D eigenvalue weighted by atomic mass is 9.85. The summed E-state index contributed by atoms with van der Waals surface area (Å²) in [7, 11) is 0. The van der Waals surface area contributed by atoms with E-state index in [-0.39, 0.29) is 11.3 Å². The van der Waals surface area contributed by atoms with Crippen LogP contribution in [0.4, 0.5) is 0 Å². The molecule has 0 unspecified atom stereocenters. The average molecular weight is 351 g/mol. The number of amides is 1. The second-order valence-corrected chi connectivity index (χ2v) is 7.39. The first-order valence-electron chi connectivity index (χ1n) is 8.79. The highest BCUT2D eigenvalue weighted by Gasteiger charge is 2.25. The molecule has 3 aromatic rings. The monoisotopic (exact) mass is 351 g/mol. The Kier molecular flexibility index (Phi) is 4.98. The zero-order valence-electron chi connectivity index (χ0n) is 15.7. The molecule has 1 aromatic carbocycles. The van der Waals surface area contributed by atoms with Gasteiger partial charge in [0.05, 0.1) is 6.42 Å². The van der Waals surface area contributed by atoms with E-state index in [1.54, 1.807) is 0 Å². The van der Waals surface area contributed by atoms with Crippen LogP contribution in [0.5, 0.6) is 0 Å². The van der Waals surface area contributed by atoms with Gasteiger partial charge in [-0.15, -0.1) is 0 Å². The number of fused-ring (bicyclic) bond motifs is 1. The van der Waals surface area contributed by atoms with E-state index in [4.69, 9.17) is 4.42 Å². The number of benzene rings is 1. The number of nitrogens with one attached hydrogen (secondary N) is 2. The van der Waals surface area contributed by atoms with Crippen molar-refractivity contribution in [3.8, 4) is 0 Å². The summed E-state index contributed by atoms with van der Waals surface area (Å²) in [5, 5.41) is 5.33. The molecule has 1 amide bonds. The summed E-state index contributed by atoms with van der Waals surface area (Å²) >= 11 is 0. The SMILES string of the molecule is CC(CC(C)(C)c1ccc(C)o1)=NNC(=O)Cc1c[nH]c2ccccc12. The number of aromatic nitrogens is 1. The fourth-order valence-corrected chi connectivity index (χ4v) is 3.21. The second-order valence-electron chi connectivity index (χ2n) is 7.39. The van der Waals surface area contributed by atoms with Crippen LogP contribution in [0.3, 0.4) is 0 Å². The first-order chi connectivity index (χ1) is 12.3. The number of para-hydroxylation sites is 1. The predicted octanol–water partition coefficient (Wildman–Crippen LogP) is 4.47. The third kappa shape index (κ3) is 4.04. The Hall–Kier alpha value is -2.82. The van der Waals surface area contributed by atoms with Crippen molar-refractivity contribution in [3.63, 3.8) is 0 Å². The molecule has 0 spiro atoms. The smallest absolute Gasteiger partial charge is 0.244 e. The minimum Gasteiger partial charge on any atom is -0.466 e. The van der Waals surface area contributed by atoms with Crippen molar-refractivity contribution in [3.05, 3.63) is 59.7 Å². The highest BCUT2D eigenvalue weighted by atomic mass is 16.3. The third-order valence-electron chi connectivity index (χ3n) is 4.50. The highest BCUT2D eigenvalue weighted by molar-refractivity contribution is 5.90. The number of hydrazone groups is 1. The molecular weight excluding hydrogens is 326 g/mol. The lowest BCUT2D eigenvalue weighted by Gasteiger charge is -2.21. The van der Waals surface area contributed by atoms with Crippen LogP contribution in [-0.4, -0.2) is 16.6 Å². The van der Waals surface area contributed by atoms with Crippen molar-refractivity contribution in [2.24, 2.45) is 5.10 Å². The zero-order valence-corrected chi connectivity index (χ0v) is 15.7. The Bertz CT molecular complexity index is 947. The molecule has 5 nitrogen and oxygen atoms in total. The van der Waals surface area contributed by atoms with Gasteiger partial charge in [-0.2, -0.15) is 5.10 Å². The summed E-state index contributed by atoms with van der Waals surface area (Å²) in [6.07, 6.45) is 2.87. The first-order valence-corrected chi connectivity index (χ1v) is 8.79. The molecule has 0 bridgehead atoms. The fraction of sp³-hybridized carbons (Fsp3) is 0.333. The number of carbonyl (C=O) groups is 1. The molecule has 0 saturated heterocycles. The molecule has 0 aliphatic carbocycles. The zero-order chi connectivity index (χ0) is 18.7. The topological polar surface area (TPSA) is 70.4 Å². The normalized spacial score (nSPS) is 12.5. The van der Waals surface area contributed by atoms with Crippen molar-refractivity contribution in [1.29, 1.82) is 0 Å². The Labute approximate surface area is 153 Å². The van der Waals surface area contributed by atoms with E-state index >= 15 is 0 Å². The molecule has 5 heteroatoms. The summed E-state index contributed by atoms with van der Waals surface area (Å²) < 4.78 is 5.74. The van der Waals surface area contributed by atoms with Crippen LogP contribution in [0.2, 0.25) is 0 Å². The van der Waals surface area contributed by atoms with Gasteiger partial charge in [-0.25, -0.2) is 5.43 Å². The Morgan fingerprint density at radius 1 is 1.23 bits per heavy atom. The van der Waals surface area contributed by atoms with Gasteiger partial charge < -0.3 is 9.40 Å². The maximum Gasteiger partial charge on any atom is 0.244 e. The average Bonchev–Trinajstić information content (AvgIpc) is 3.20. The third-order valence-corrected chi connectivity index (χ3v) is 4.50. The molecule has 2 N–H and O–H groups in total. The molecule has 2 aromatic heterocycles. The van der Waals surface area contributed by atoms with Crippen LogP contribution < -0.4 is 5.43 Å². The van der Waals surface area contributed by atoms with Crippen molar-refractivity contribution >= 4 is 22.5 Å². The molecule has 0 atom stereocenters. The molecule has 3 rings (SSSR count). The van der Waals surface area contributed by atoms with E-state index in [0.717, 1.165) is 33.7 Å². The molecule has 0 saturated carbocycles. The number of furan rings is 1. The maximum absolute atomic E-state index is 12.2. The van der Waals surface area contributed by atoms with Crippen molar-refractivity contribution in [2.45, 2.75) is 46.0 Å². The van der Waals surface area contributed by atoms with E-state index in [2.05, 4.69) is 29.4 Å². The van der Waals surface area contributed by atoms with E-state index < -0.39 is 0 Å². The minimum absolute atomic E-state index is 0.124. The van der Waals surface area contributed by atoms with Crippen molar-refractivity contribution in [1.82, 2.24) is 10.4 Å². The standard InChI is InChI=1S/C21H25N3O2/c1-14(12-21(3,4)19-10-9-15(2)26-19)23-24-20(25)11-16-13-22-18-8-6-5-7-17(16)18/h5-10,13,22H,11-12H2,1-4H3,(H,24,25). The Balaban J connectivity index is 1.60. The molecule has 0 aliphatic rings. The van der Waals surface area contributed by atoms with Gasteiger partial charge in [0, 0.05) is 28.2 Å². The molecule has 26 heavy (non-hydrogen) atoms. The number of hydrogen-bond acceptors (Lipinski definition) is 3. The number of rotatable bonds is 6. The van der Waals surface area contributed by atoms with E-state index in [1.165, 1.54) is 0 Å². The summed E-state index contributed by atoms with van der Waals surface area (Å²) in [6, 6.07) is 11.9. The summed E-state index contributed by atoms with van der Waals surface area (Å²) in [5.41, 5.74) is 5.35.